The second kappa shape index (κ2) is 16.7. The molecule has 3 rings (SSSR count). The summed E-state index contributed by atoms with van der Waals surface area (Å²) in [5, 5.41) is 87.8. The Bertz CT molecular complexity index is 1860. The van der Waals surface area contributed by atoms with Crippen LogP contribution in [0.5, 0.6) is 34.5 Å². The topological polar surface area (TPSA) is 295 Å². The molecule has 0 fully saturated rings. The minimum Gasteiger partial charge on any atom is -0.504 e. The molecule has 17 heteroatoms. The number of rotatable bonds is 14. The van der Waals surface area contributed by atoms with Crippen molar-refractivity contribution in [1.82, 2.24) is 0 Å². The smallest absolute Gasteiger partial charge is 0.349 e. The molecule has 3 aromatic carbocycles. The number of aliphatic carboxylic acids is 2. The molecule has 0 aliphatic carbocycles. The molecule has 0 spiro atoms. The van der Waals surface area contributed by atoms with Gasteiger partial charge in [-0.3, -0.25) is 0 Å². The largest absolute Gasteiger partial charge is 0.504 e. The van der Waals surface area contributed by atoms with E-state index in [1.54, 1.807) is 0 Å². The van der Waals surface area contributed by atoms with Crippen molar-refractivity contribution in [2.24, 2.45) is 0 Å². The zero-order chi connectivity index (χ0) is 37.1. The molecular formula is C33H28O17. The Morgan fingerprint density at radius 3 is 1.12 bits per heavy atom. The Hall–Kier alpha value is -7.01. The number of phenolic OH excluding ortho intramolecular Hbond substituents is 6. The Kier molecular flexibility index (Phi) is 12.5. The lowest BCUT2D eigenvalue weighted by Crippen LogP contribution is -2.54. The van der Waals surface area contributed by atoms with Gasteiger partial charge in [-0.2, -0.15) is 0 Å². The number of hydrogen-bond acceptors (Lipinski definition) is 15. The minimum atomic E-state index is -2.72. The van der Waals surface area contributed by atoms with Crippen LogP contribution in [0, 0.1) is 0 Å². The fourth-order valence-electron chi connectivity index (χ4n) is 3.93. The number of esters is 3. The summed E-state index contributed by atoms with van der Waals surface area (Å²) < 4.78 is 14.7. The van der Waals surface area contributed by atoms with Crippen LogP contribution in [0.25, 0.3) is 18.2 Å². The number of phenols is 6. The molecule has 0 aliphatic rings. The van der Waals surface area contributed by atoms with Crippen molar-refractivity contribution < 1.29 is 84.1 Å². The maximum atomic E-state index is 12.8. The summed E-state index contributed by atoms with van der Waals surface area (Å²) in [6.07, 6.45) is -5.53. The monoisotopic (exact) mass is 696 g/mol. The second-order valence-corrected chi connectivity index (χ2v) is 10.0. The Labute approximate surface area is 280 Å². The highest BCUT2D eigenvalue weighted by Gasteiger charge is 2.46. The molecule has 262 valence electrons. The number of aliphatic hydroxyl groups excluding tert-OH is 1. The number of carboxylic acid groups (broad SMARTS) is 2. The van der Waals surface area contributed by atoms with Gasteiger partial charge >= 0.3 is 29.8 Å². The normalized spacial score (nSPS) is 13.8. The van der Waals surface area contributed by atoms with Gasteiger partial charge in [-0.1, -0.05) is 18.2 Å². The number of carboxylic acids is 2. The molecule has 9 N–H and O–H groups in total. The molecule has 0 radical (unpaired) electrons. The number of carbonyl (C=O) groups excluding carboxylic acids is 3. The van der Waals surface area contributed by atoms with Crippen molar-refractivity contribution in [2.75, 3.05) is 0 Å². The fourth-order valence-corrected chi connectivity index (χ4v) is 3.93. The summed E-state index contributed by atoms with van der Waals surface area (Å²) in [5.74, 6) is -11.5. The third-order valence-corrected chi connectivity index (χ3v) is 6.40. The molecule has 0 saturated heterocycles. The van der Waals surface area contributed by atoms with Gasteiger partial charge in [0, 0.05) is 18.2 Å². The number of aliphatic hydroxyl groups is 1. The number of benzene rings is 3. The van der Waals surface area contributed by atoms with E-state index in [9.17, 15) is 69.9 Å². The van der Waals surface area contributed by atoms with Crippen molar-refractivity contribution >= 4 is 48.1 Å². The van der Waals surface area contributed by atoms with Gasteiger partial charge in [0.25, 0.3) is 0 Å². The van der Waals surface area contributed by atoms with Gasteiger partial charge in [-0.05, 0) is 71.3 Å². The van der Waals surface area contributed by atoms with E-state index in [1.165, 1.54) is 18.2 Å². The number of carbonyl (C=O) groups is 5. The van der Waals surface area contributed by atoms with Crippen LogP contribution in [0.2, 0.25) is 0 Å². The van der Waals surface area contributed by atoms with E-state index in [0.29, 0.717) is 18.2 Å². The SMILES string of the molecule is O=C(C=Cc1ccc(O)c(O)c1)OC(C(=O)O)C(O)C(OC(=O)C=Cc1ccc(O)c(O)c1)C(OC(=O)C=Cc1ccc(O)c(O)c1)C(=O)O. The summed E-state index contributed by atoms with van der Waals surface area (Å²) in [6.45, 7) is 0. The van der Waals surface area contributed by atoms with Crippen molar-refractivity contribution in [3.05, 3.63) is 89.5 Å². The minimum absolute atomic E-state index is 0.118. The van der Waals surface area contributed by atoms with E-state index in [2.05, 4.69) is 0 Å². The van der Waals surface area contributed by atoms with Gasteiger partial charge in [-0.15, -0.1) is 0 Å². The van der Waals surface area contributed by atoms with Crippen molar-refractivity contribution in [1.29, 1.82) is 0 Å². The van der Waals surface area contributed by atoms with Crippen LogP contribution < -0.4 is 0 Å². The maximum Gasteiger partial charge on any atom is 0.349 e. The second-order valence-electron chi connectivity index (χ2n) is 10.0. The van der Waals surface area contributed by atoms with Gasteiger partial charge in [0.2, 0.25) is 12.2 Å². The lowest BCUT2D eigenvalue weighted by atomic mass is 10.0. The zero-order valence-electron chi connectivity index (χ0n) is 25.3. The fraction of sp³-hybridized carbons (Fsp3) is 0.121. The van der Waals surface area contributed by atoms with E-state index in [-0.39, 0.29) is 16.7 Å². The molecule has 3 aromatic rings. The average molecular weight is 697 g/mol. The maximum absolute atomic E-state index is 12.8. The number of ether oxygens (including phenoxy) is 3. The first-order chi connectivity index (χ1) is 23.5. The molecular weight excluding hydrogens is 668 g/mol. The van der Waals surface area contributed by atoms with Crippen molar-refractivity contribution in [3.63, 3.8) is 0 Å². The van der Waals surface area contributed by atoms with E-state index in [4.69, 9.17) is 14.2 Å². The lowest BCUT2D eigenvalue weighted by molar-refractivity contribution is -0.196. The van der Waals surface area contributed by atoms with E-state index < -0.39 is 88.8 Å². The van der Waals surface area contributed by atoms with Gasteiger partial charge in [0.1, 0.15) is 6.10 Å². The standard InChI is InChI=1S/C33H28O17/c34-19-7-1-16(13-22(19)37)4-10-25(40)48-29(31(33(46)47)50-27(42)12-6-18-3-9-21(36)24(39)15-18)28(43)30(32(44)45)49-26(41)11-5-17-2-8-20(35)23(38)14-17/h1-15,28-31,34-39,43H,(H,44,45)(H,46,47). The van der Waals surface area contributed by atoms with Gasteiger partial charge in [0.05, 0.1) is 0 Å². The highest BCUT2D eigenvalue weighted by Crippen LogP contribution is 2.27. The highest BCUT2D eigenvalue weighted by atomic mass is 16.6. The molecule has 0 saturated carbocycles. The Morgan fingerprint density at radius 2 is 0.800 bits per heavy atom. The van der Waals surface area contributed by atoms with E-state index >= 15 is 0 Å². The van der Waals surface area contributed by atoms with Crippen LogP contribution in [0.3, 0.4) is 0 Å². The molecule has 17 nitrogen and oxygen atoms in total. The predicted octanol–water partition coefficient (Wildman–Crippen LogP) is 1.63. The number of hydrogen-bond donors (Lipinski definition) is 9. The van der Waals surface area contributed by atoms with Crippen LogP contribution in [0.15, 0.2) is 72.8 Å². The summed E-state index contributed by atoms with van der Waals surface area (Å²) in [7, 11) is 0. The summed E-state index contributed by atoms with van der Waals surface area (Å²) in [4.78, 5) is 62.2. The quantitative estimate of drug-likeness (QED) is 0.0501. The molecule has 0 bridgehead atoms. The average Bonchev–Trinajstić information content (AvgIpc) is 3.06. The van der Waals surface area contributed by atoms with Crippen molar-refractivity contribution in [3.8, 4) is 34.5 Å². The Balaban J connectivity index is 1.91. The molecule has 0 aromatic heterocycles. The van der Waals surface area contributed by atoms with Crippen LogP contribution >= 0.6 is 0 Å². The summed E-state index contributed by atoms with van der Waals surface area (Å²) in [5.41, 5.74) is 0.386. The highest BCUT2D eigenvalue weighted by molar-refractivity contribution is 5.91. The molecule has 0 heterocycles. The third-order valence-electron chi connectivity index (χ3n) is 6.40. The van der Waals surface area contributed by atoms with E-state index in [0.717, 1.165) is 54.6 Å². The van der Waals surface area contributed by atoms with Gasteiger partial charge < -0.3 is 60.2 Å². The summed E-state index contributed by atoms with van der Waals surface area (Å²) in [6, 6.07) is 10.1. The van der Waals surface area contributed by atoms with Gasteiger partial charge in [0.15, 0.2) is 40.6 Å². The first-order valence-electron chi connectivity index (χ1n) is 13.9. The molecule has 4 atom stereocenters. The third kappa shape index (κ3) is 10.5. The first-order valence-corrected chi connectivity index (χ1v) is 13.9. The van der Waals surface area contributed by atoms with E-state index in [1.807, 2.05) is 0 Å². The first kappa shape index (κ1) is 37.4. The summed E-state index contributed by atoms with van der Waals surface area (Å²) >= 11 is 0. The van der Waals surface area contributed by atoms with Crippen LogP contribution in [0.1, 0.15) is 16.7 Å². The Morgan fingerprint density at radius 1 is 0.480 bits per heavy atom. The number of aromatic hydroxyl groups is 6. The predicted molar refractivity (Wildman–Crippen MR) is 167 cm³/mol. The lowest BCUT2D eigenvalue weighted by Gasteiger charge is -2.30. The van der Waals surface area contributed by atoms with Crippen LogP contribution in [-0.4, -0.2) is 100 Å². The molecule has 0 amide bonds. The van der Waals surface area contributed by atoms with Crippen LogP contribution in [0.4, 0.5) is 0 Å². The molecule has 50 heavy (non-hydrogen) atoms. The van der Waals surface area contributed by atoms with Crippen molar-refractivity contribution in [2.45, 2.75) is 24.4 Å². The molecule has 0 aliphatic heterocycles. The van der Waals surface area contributed by atoms with Gasteiger partial charge in [-0.25, -0.2) is 24.0 Å². The zero-order valence-corrected chi connectivity index (χ0v) is 25.3. The van der Waals surface area contributed by atoms with Crippen LogP contribution in [-0.2, 0) is 38.2 Å². The molecule has 4 unspecified atom stereocenters.